The molecule has 0 fully saturated rings. The average molecular weight is 204 g/mol. The van der Waals surface area contributed by atoms with E-state index in [2.05, 4.69) is 4.98 Å². The summed E-state index contributed by atoms with van der Waals surface area (Å²) >= 11 is 0. The molecule has 5 nitrogen and oxygen atoms in total. The number of aromatic nitrogens is 1. The number of aromatic carboxylic acids is 1. The van der Waals surface area contributed by atoms with Crippen molar-refractivity contribution in [1.29, 1.82) is 0 Å². The van der Waals surface area contributed by atoms with Gasteiger partial charge in [0.05, 0.1) is 0 Å². The first kappa shape index (κ1) is 9.26. The number of pyridine rings is 1. The number of para-hydroxylation sites is 1. The number of benzene rings is 1. The Bertz CT molecular complexity index is 600. The monoisotopic (exact) mass is 204 g/mol. The molecule has 1 heterocycles. The van der Waals surface area contributed by atoms with E-state index >= 15 is 0 Å². The fourth-order valence-corrected chi connectivity index (χ4v) is 1.37. The highest BCUT2D eigenvalue weighted by Crippen LogP contribution is 2.13. The zero-order valence-corrected chi connectivity index (χ0v) is 7.48. The summed E-state index contributed by atoms with van der Waals surface area (Å²) < 4.78 is 0. The smallest absolute Gasteiger partial charge is 0.351 e. The van der Waals surface area contributed by atoms with Gasteiger partial charge in [0.1, 0.15) is 5.69 Å². The third kappa shape index (κ3) is 1.34. The van der Waals surface area contributed by atoms with Gasteiger partial charge in [-0.2, -0.15) is 0 Å². The van der Waals surface area contributed by atoms with E-state index in [0.717, 1.165) is 0 Å². The summed E-state index contributed by atoms with van der Waals surface area (Å²) in [5.74, 6) is -2.44. The van der Waals surface area contributed by atoms with Gasteiger partial charge in [-0.1, -0.05) is 12.1 Å². The lowest BCUT2D eigenvalue weighted by Gasteiger charge is -2.10. The Balaban J connectivity index is 2.95. The normalized spacial score (nSPS) is 10.4. The van der Waals surface area contributed by atoms with Crippen LogP contribution in [0.1, 0.15) is 10.5 Å². The minimum absolute atomic E-state index is 0.201. The maximum absolute atomic E-state index is 11.5. The minimum atomic E-state index is -1.43. The molecule has 0 aliphatic heterocycles. The summed E-state index contributed by atoms with van der Waals surface area (Å²) in [6.45, 7) is 0. The minimum Gasteiger partial charge on any atom is -0.868 e. The van der Waals surface area contributed by atoms with Gasteiger partial charge >= 0.3 is 5.97 Å². The molecule has 0 unspecified atom stereocenters. The molecule has 0 radical (unpaired) electrons. The molecule has 0 aliphatic carbocycles. The third-order valence-electron chi connectivity index (χ3n) is 2.08. The Morgan fingerprint density at radius 1 is 1.33 bits per heavy atom. The van der Waals surface area contributed by atoms with Crippen LogP contribution in [-0.4, -0.2) is 16.1 Å². The molecule has 2 rings (SSSR count). The summed E-state index contributed by atoms with van der Waals surface area (Å²) in [4.78, 5) is 24.5. The summed E-state index contributed by atoms with van der Waals surface area (Å²) in [5, 5.41) is 20.2. The van der Waals surface area contributed by atoms with Crippen LogP contribution in [0.2, 0.25) is 0 Å². The maximum atomic E-state index is 11.5. The number of H-pyrrole nitrogens is 1. The van der Waals surface area contributed by atoms with Crippen LogP contribution in [0.4, 0.5) is 0 Å². The number of rotatable bonds is 1. The fourth-order valence-electron chi connectivity index (χ4n) is 1.37. The van der Waals surface area contributed by atoms with E-state index in [1.54, 1.807) is 18.2 Å². The number of hydrogen-bond acceptors (Lipinski definition) is 3. The van der Waals surface area contributed by atoms with Gasteiger partial charge < -0.3 is 15.2 Å². The second-order valence-electron chi connectivity index (χ2n) is 3.01. The number of carboxylic acid groups (broad SMARTS) is 1. The van der Waals surface area contributed by atoms with Crippen LogP contribution in [-0.2, 0) is 0 Å². The first-order chi connectivity index (χ1) is 7.11. The van der Waals surface area contributed by atoms with Gasteiger partial charge in [-0.25, -0.2) is 4.79 Å². The molecule has 0 saturated heterocycles. The van der Waals surface area contributed by atoms with Crippen LogP contribution in [0, 0.1) is 0 Å². The van der Waals surface area contributed by atoms with Gasteiger partial charge in [0.15, 0.2) is 5.43 Å². The van der Waals surface area contributed by atoms with Gasteiger partial charge in [-0.3, -0.25) is 4.79 Å². The van der Waals surface area contributed by atoms with Crippen molar-refractivity contribution in [3.8, 4) is 5.75 Å². The summed E-state index contributed by atoms with van der Waals surface area (Å²) in [6.07, 6.45) is 0. The van der Waals surface area contributed by atoms with Crippen molar-refractivity contribution < 1.29 is 15.0 Å². The molecule has 0 amide bonds. The highest BCUT2D eigenvalue weighted by molar-refractivity contribution is 5.92. The highest BCUT2D eigenvalue weighted by atomic mass is 16.4. The third-order valence-corrected chi connectivity index (χ3v) is 2.08. The largest absolute Gasteiger partial charge is 0.868 e. The van der Waals surface area contributed by atoms with E-state index in [0.29, 0.717) is 5.52 Å². The average Bonchev–Trinajstić information content (AvgIpc) is 2.23. The molecule has 0 aliphatic rings. The number of hydrogen-bond donors (Lipinski definition) is 2. The maximum Gasteiger partial charge on any atom is 0.351 e. The summed E-state index contributed by atoms with van der Waals surface area (Å²) in [7, 11) is 0. The lowest BCUT2D eigenvalue weighted by Crippen LogP contribution is -2.17. The van der Waals surface area contributed by atoms with Crippen LogP contribution in [0.5, 0.6) is 5.75 Å². The molecule has 2 aromatic rings. The molecule has 0 atom stereocenters. The fraction of sp³-hybridized carbons (Fsp3) is 0. The van der Waals surface area contributed by atoms with Crippen molar-refractivity contribution in [2.45, 2.75) is 0 Å². The van der Waals surface area contributed by atoms with Crippen molar-refractivity contribution >= 4 is 16.9 Å². The summed E-state index contributed by atoms with van der Waals surface area (Å²) in [6, 6.07) is 6.27. The standard InChI is InChI=1S/C10H7NO4/c12-8-5-3-1-2-4-6(5)11-7(9(8)13)10(14)15/h1-4,13H,(H,11,12)(H,14,15)/p-1. The van der Waals surface area contributed by atoms with E-state index in [1.165, 1.54) is 6.07 Å². The van der Waals surface area contributed by atoms with Crippen LogP contribution < -0.4 is 10.5 Å². The van der Waals surface area contributed by atoms with Crippen molar-refractivity contribution in [1.82, 2.24) is 4.98 Å². The first-order valence-electron chi connectivity index (χ1n) is 4.16. The van der Waals surface area contributed by atoms with Crippen LogP contribution >= 0.6 is 0 Å². The Morgan fingerprint density at radius 2 is 2.00 bits per heavy atom. The van der Waals surface area contributed by atoms with Gasteiger partial charge in [0, 0.05) is 10.9 Å². The topological polar surface area (TPSA) is 93.2 Å². The number of aromatic amines is 1. The highest BCUT2D eigenvalue weighted by Gasteiger charge is 2.09. The molecule has 1 aromatic heterocycles. The van der Waals surface area contributed by atoms with Gasteiger partial charge in [-0.15, -0.1) is 0 Å². The lowest BCUT2D eigenvalue weighted by molar-refractivity contribution is -0.270. The van der Waals surface area contributed by atoms with Gasteiger partial charge in [0.25, 0.3) is 0 Å². The Morgan fingerprint density at radius 3 is 2.67 bits per heavy atom. The Hall–Kier alpha value is -2.30. The van der Waals surface area contributed by atoms with E-state index in [1.807, 2.05) is 0 Å². The molecule has 0 bridgehead atoms. The van der Waals surface area contributed by atoms with E-state index < -0.39 is 22.8 Å². The Kier molecular flexibility index (Phi) is 1.93. The SMILES string of the molecule is O=C(O)c1[nH]c2ccccc2c(=O)c1[O-]. The molecular weight excluding hydrogens is 198 g/mol. The number of nitrogens with one attached hydrogen (secondary N) is 1. The van der Waals surface area contributed by atoms with Crippen molar-refractivity contribution in [3.05, 3.63) is 40.2 Å². The van der Waals surface area contributed by atoms with E-state index in [9.17, 15) is 14.7 Å². The predicted octanol–water partition coefficient (Wildman–Crippen LogP) is 0.300. The molecule has 2 N–H and O–H groups in total. The number of carboxylic acids is 1. The van der Waals surface area contributed by atoms with E-state index in [-0.39, 0.29) is 5.39 Å². The molecule has 0 spiro atoms. The molecular formula is C10H6NO4-. The van der Waals surface area contributed by atoms with E-state index in [4.69, 9.17) is 5.11 Å². The second-order valence-corrected chi connectivity index (χ2v) is 3.01. The van der Waals surface area contributed by atoms with Crippen molar-refractivity contribution in [2.75, 3.05) is 0 Å². The summed E-state index contributed by atoms with van der Waals surface area (Å²) in [5.41, 5.74) is -1.04. The van der Waals surface area contributed by atoms with Crippen LogP contribution in [0.15, 0.2) is 29.1 Å². The second kappa shape index (κ2) is 3.13. The molecule has 5 heteroatoms. The van der Waals surface area contributed by atoms with Crippen LogP contribution in [0.3, 0.4) is 0 Å². The van der Waals surface area contributed by atoms with Crippen LogP contribution in [0.25, 0.3) is 10.9 Å². The zero-order chi connectivity index (χ0) is 11.0. The number of carbonyl (C=O) groups is 1. The molecule has 0 saturated carbocycles. The quantitative estimate of drug-likeness (QED) is 0.698. The Labute approximate surface area is 83.6 Å². The lowest BCUT2D eigenvalue weighted by atomic mass is 10.2. The molecule has 76 valence electrons. The van der Waals surface area contributed by atoms with Gasteiger partial charge in [-0.05, 0) is 17.9 Å². The van der Waals surface area contributed by atoms with Crippen molar-refractivity contribution in [3.63, 3.8) is 0 Å². The predicted molar refractivity (Wildman–Crippen MR) is 51.0 cm³/mol. The molecule has 15 heavy (non-hydrogen) atoms. The number of fused-ring (bicyclic) bond motifs is 1. The van der Waals surface area contributed by atoms with Crippen molar-refractivity contribution in [2.24, 2.45) is 0 Å². The molecule has 1 aromatic carbocycles. The first-order valence-corrected chi connectivity index (χ1v) is 4.16. The zero-order valence-electron chi connectivity index (χ0n) is 7.48. The van der Waals surface area contributed by atoms with Gasteiger partial charge in [0.2, 0.25) is 0 Å².